The number of nitrogens with zero attached hydrogens (tertiary/aromatic N) is 1. The molecule has 1 saturated heterocycles. The van der Waals surface area contributed by atoms with Crippen LogP contribution in [-0.2, 0) is 4.74 Å². The van der Waals surface area contributed by atoms with Crippen LogP contribution in [0.25, 0.3) is 0 Å². The van der Waals surface area contributed by atoms with Crippen LogP contribution in [0, 0.1) is 5.41 Å². The number of nitrogens with one attached hydrogen (secondary N) is 1. The maximum Gasteiger partial charge on any atom is 0.255 e. The summed E-state index contributed by atoms with van der Waals surface area (Å²) in [6.07, 6.45) is -0.256. The zero-order valence-corrected chi connectivity index (χ0v) is 17.4. The number of ether oxygens (including phenoxy) is 1. The van der Waals surface area contributed by atoms with Gasteiger partial charge in [-0.05, 0) is 23.0 Å². The van der Waals surface area contributed by atoms with E-state index in [4.69, 9.17) is 4.74 Å². The second-order valence-electron chi connectivity index (χ2n) is 8.90. The van der Waals surface area contributed by atoms with E-state index in [1.54, 1.807) is 6.07 Å². The molecule has 1 amide bonds. The lowest BCUT2D eigenvalue weighted by molar-refractivity contribution is -0.119. The summed E-state index contributed by atoms with van der Waals surface area (Å²) in [6.45, 7) is 11.4. The number of carbonyl (C=O) groups is 1. The molecule has 3 rings (SSSR count). The molecule has 0 aliphatic carbocycles. The Bertz CT molecular complexity index is 881. The van der Waals surface area contributed by atoms with Gasteiger partial charge in [-0.25, -0.2) is 0 Å². The van der Waals surface area contributed by atoms with E-state index >= 15 is 0 Å². The number of H-pyrrole nitrogens is 1. The smallest absolute Gasteiger partial charge is 0.255 e. The van der Waals surface area contributed by atoms with Gasteiger partial charge < -0.3 is 14.6 Å². The van der Waals surface area contributed by atoms with Crippen LogP contribution < -0.4 is 5.56 Å². The van der Waals surface area contributed by atoms with Crippen molar-refractivity contribution < 1.29 is 9.53 Å². The first-order chi connectivity index (χ1) is 13.2. The fourth-order valence-corrected chi connectivity index (χ4v) is 3.56. The van der Waals surface area contributed by atoms with Gasteiger partial charge in [0.2, 0.25) is 5.56 Å². The average Bonchev–Trinajstić information content (AvgIpc) is 2.67. The number of hydrogen-bond acceptors (Lipinski definition) is 3. The molecule has 0 radical (unpaired) electrons. The first-order valence-electron chi connectivity index (χ1n) is 9.89. The minimum atomic E-state index is -0.183. The highest BCUT2D eigenvalue weighted by Crippen LogP contribution is 2.34. The van der Waals surface area contributed by atoms with E-state index in [2.05, 4.69) is 25.8 Å². The van der Waals surface area contributed by atoms with E-state index in [1.165, 1.54) is 6.07 Å². The Morgan fingerprint density at radius 2 is 1.79 bits per heavy atom. The van der Waals surface area contributed by atoms with Gasteiger partial charge in [0.25, 0.3) is 5.91 Å². The largest absolute Gasteiger partial charge is 0.366 e. The summed E-state index contributed by atoms with van der Waals surface area (Å²) in [7, 11) is 0. The summed E-state index contributed by atoms with van der Waals surface area (Å²) in [5.74, 6) is -0.00402. The van der Waals surface area contributed by atoms with Gasteiger partial charge in [-0.1, -0.05) is 65.0 Å². The van der Waals surface area contributed by atoms with Crippen molar-refractivity contribution in [2.75, 3.05) is 13.1 Å². The molecule has 1 aromatic heterocycles. The summed E-state index contributed by atoms with van der Waals surface area (Å²) in [5.41, 5.74) is 2.04. The molecular formula is C23H30N2O3. The predicted molar refractivity (Wildman–Crippen MR) is 111 cm³/mol. The second-order valence-corrected chi connectivity index (χ2v) is 8.90. The Morgan fingerprint density at radius 3 is 2.39 bits per heavy atom. The van der Waals surface area contributed by atoms with Gasteiger partial charge in [-0.2, -0.15) is 0 Å². The number of aromatic amines is 1. The summed E-state index contributed by atoms with van der Waals surface area (Å²) >= 11 is 0. The van der Waals surface area contributed by atoms with E-state index in [9.17, 15) is 9.59 Å². The van der Waals surface area contributed by atoms with Crippen LogP contribution in [0.3, 0.4) is 0 Å². The molecule has 2 aromatic rings. The van der Waals surface area contributed by atoms with Gasteiger partial charge in [0.15, 0.2) is 0 Å². The number of pyridine rings is 1. The average molecular weight is 383 g/mol. The maximum absolute atomic E-state index is 13.4. The predicted octanol–water partition coefficient (Wildman–Crippen LogP) is 4.13. The quantitative estimate of drug-likeness (QED) is 0.868. The molecule has 1 aliphatic rings. The van der Waals surface area contributed by atoms with Crippen molar-refractivity contribution in [1.29, 1.82) is 0 Å². The van der Waals surface area contributed by atoms with Gasteiger partial charge >= 0.3 is 0 Å². The molecule has 1 aliphatic heterocycles. The molecule has 0 saturated carbocycles. The zero-order chi connectivity index (χ0) is 20.5. The van der Waals surface area contributed by atoms with E-state index in [0.717, 1.165) is 5.56 Å². The van der Waals surface area contributed by atoms with Gasteiger partial charge in [-0.15, -0.1) is 0 Å². The van der Waals surface area contributed by atoms with Crippen LogP contribution in [0.4, 0.5) is 0 Å². The molecule has 1 aromatic carbocycles. The lowest BCUT2D eigenvalue weighted by Gasteiger charge is -2.43. The van der Waals surface area contributed by atoms with Gasteiger partial charge in [-0.3, -0.25) is 9.59 Å². The number of benzene rings is 1. The number of aromatic nitrogens is 1. The summed E-state index contributed by atoms with van der Waals surface area (Å²) in [4.78, 5) is 29.9. The van der Waals surface area contributed by atoms with Gasteiger partial charge in [0.1, 0.15) is 6.10 Å². The van der Waals surface area contributed by atoms with Crippen LogP contribution in [0.1, 0.15) is 68.3 Å². The Kier molecular flexibility index (Phi) is 5.75. The van der Waals surface area contributed by atoms with Gasteiger partial charge in [0, 0.05) is 18.3 Å². The molecule has 5 nitrogen and oxygen atoms in total. The number of rotatable bonds is 3. The Labute approximate surface area is 166 Å². The third kappa shape index (κ3) is 4.36. The lowest BCUT2D eigenvalue weighted by atomic mass is 9.87. The second kappa shape index (κ2) is 7.92. The molecule has 28 heavy (non-hydrogen) atoms. The van der Waals surface area contributed by atoms with Crippen molar-refractivity contribution in [3.05, 3.63) is 69.6 Å². The summed E-state index contributed by atoms with van der Waals surface area (Å²) < 4.78 is 6.40. The molecule has 0 unspecified atom stereocenters. The van der Waals surface area contributed by atoms with Crippen molar-refractivity contribution in [2.24, 2.45) is 5.41 Å². The monoisotopic (exact) mass is 382 g/mol. The van der Waals surface area contributed by atoms with Gasteiger partial charge in [0.05, 0.1) is 18.2 Å². The number of hydrogen-bond donors (Lipinski definition) is 1. The minimum absolute atomic E-state index is 0.0530. The third-order valence-electron chi connectivity index (χ3n) is 5.28. The molecular weight excluding hydrogens is 352 g/mol. The number of morpholine rings is 1. The molecule has 0 spiro atoms. The fraction of sp³-hybridized carbons (Fsp3) is 0.478. The molecule has 1 N–H and O–H groups in total. The fourth-order valence-electron chi connectivity index (χ4n) is 3.56. The lowest BCUT2D eigenvalue weighted by Crippen LogP contribution is -2.51. The first-order valence-corrected chi connectivity index (χ1v) is 9.89. The zero-order valence-electron chi connectivity index (χ0n) is 17.4. The highest BCUT2D eigenvalue weighted by Gasteiger charge is 2.38. The Hall–Kier alpha value is -2.40. The highest BCUT2D eigenvalue weighted by molar-refractivity contribution is 5.95. The standard InChI is InChI=1S/C23H30N2O3/c1-15(2)21-17(11-12-20(26)24-21)22(27)25-13-18(16-9-7-6-8-10-16)28-19(14-25)23(3,4)5/h6-12,15,18-19H,13-14H2,1-5H3,(H,24,26)/t18-,19+/m0/s1. The summed E-state index contributed by atoms with van der Waals surface area (Å²) in [6, 6.07) is 13.1. The normalized spacial score (nSPS) is 20.4. The van der Waals surface area contributed by atoms with E-state index < -0.39 is 0 Å². The molecule has 2 atom stereocenters. The van der Waals surface area contributed by atoms with Crippen LogP contribution in [0.15, 0.2) is 47.3 Å². The molecule has 2 heterocycles. The van der Waals surface area contributed by atoms with Crippen molar-refractivity contribution in [3.63, 3.8) is 0 Å². The minimum Gasteiger partial charge on any atom is -0.366 e. The van der Waals surface area contributed by atoms with Crippen LogP contribution in [0.2, 0.25) is 0 Å². The maximum atomic E-state index is 13.4. The number of carbonyl (C=O) groups excluding carboxylic acids is 1. The highest BCUT2D eigenvalue weighted by atomic mass is 16.5. The molecule has 150 valence electrons. The molecule has 1 fully saturated rings. The topological polar surface area (TPSA) is 62.4 Å². The van der Waals surface area contributed by atoms with Crippen molar-refractivity contribution in [2.45, 2.75) is 52.7 Å². The Morgan fingerprint density at radius 1 is 1.11 bits per heavy atom. The summed E-state index contributed by atoms with van der Waals surface area (Å²) in [5, 5.41) is 0. The number of amides is 1. The van der Waals surface area contributed by atoms with E-state index in [0.29, 0.717) is 24.3 Å². The third-order valence-corrected chi connectivity index (χ3v) is 5.28. The van der Waals surface area contributed by atoms with Crippen molar-refractivity contribution >= 4 is 5.91 Å². The van der Waals surface area contributed by atoms with E-state index in [1.807, 2.05) is 49.1 Å². The molecule has 0 bridgehead atoms. The first kappa shape index (κ1) is 20.3. The van der Waals surface area contributed by atoms with Crippen molar-refractivity contribution in [3.8, 4) is 0 Å². The van der Waals surface area contributed by atoms with E-state index in [-0.39, 0.29) is 35.0 Å². The Balaban J connectivity index is 1.95. The van der Waals surface area contributed by atoms with Crippen LogP contribution in [0.5, 0.6) is 0 Å². The molecule has 5 heteroatoms. The SMILES string of the molecule is CC(C)c1[nH]c(=O)ccc1C(=O)N1C[C@@H](c2ccccc2)O[C@@H](C(C)(C)C)C1. The van der Waals surface area contributed by atoms with Crippen LogP contribution >= 0.6 is 0 Å². The van der Waals surface area contributed by atoms with Crippen molar-refractivity contribution in [1.82, 2.24) is 9.88 Å². The van der Waals surface area contributed by atoms with Crippen LogP contribution in [-0.4, -0.2) is 35.0 Å².